The minimum absolute atomic E-state index is 0.755. The molecular formula is C13H16ClN3. The van der Waals surface area contributed by atoms with E-state index in [4.69, 9.17) is 11.6 Å². The Morgan fingerprint density at radius 2 is 1.94 bits per heavy atom. The fourth-order valence-corrected chi connectivity index (χ4v) is 2.19. The van der Waals surface area contributed by atoms with E-state index in [1.807, 2.05) is 50.0 Å². The molecule has 0 saturated heterocycles. The minimum atomic E-state index is 0.755. The lowest BCUT2D eigenvalue weighted by molar-refractivity contribution is 0.669. The summed E-state index contributed by atoms with van der Waals surface area (Å²) in [4.78, 5) is 0. The van der Waals surface area contributed by atoms with E-state index in [9.17, 15) is 0 Å². The third kappa shape index (κ3) is 2.35. The second-order valence-corrected chi connectivity index (χ2v) is 4.50. The Labute approximate surface area is 106 Å². The molecule has 1 N–H and O–H groups in total. The zero-order valence-corrected chi connectivity index (χ0v) is 11.0. The van der Waals surface area contributed by atoms with Gasteiger partial charge in [-0.2, -0.15) is 5.10 Å². The molecule has 0 unspecified atom stereocenters. The Morgan fingerprint density at radius 1 is 1.29 bits per heavy atom. The standard InChI is InChI=1S/C13H16ClN3/c1-9-13(10-4-6-11(14)7-5-10)12(8-15-2)17(3)16-9/h4-7,15H,8H2,1-3H3. The van der Waals surface area contributed by atoms with E-state index < -0.39 is 0 Å². The van der Waals surface area contributed by atoms with Gasteiger partial charge in [-0.25, -0.2) is 0 Å². The van der Waals surface area contributed by atoms with Crippen LogP contribution in [0.2, 0.25) is 5.02 Å². The number of nitrogens with one attached hydrogen (secondary N) is 1. The summed E-state index contributed by atoms with van der Waals surface area (Å²) in [6.45, 7) is 2.83. The molecule has 90 valence electrons. The first-order chi connectivity index (χ1) is 8.13. The quantitative estimate of drug-likeness (QED) is 0.907. The summed E-state index contributed by atoms with van der Waals surface area (Å²) in [5.74, 6) is 0. The summed E-state index contributed by atoms with van der Waals surface area (Å²) in [6.07, 6.45) is 0. The van der Waals surface area contributed by atoms with Gasteiger partial charge < -0.3 is 5.32 Å². The molecule has 0 fully saturated rings. The van der Waals surface area contributed by atoms with Crippen molar-refractivity contribution in [2.45, 2.75) is 13.5 Å². The number of aryl methyl sites for hydroxylation is 2. The summed E-state index contributed by atoms with van der Waals surface area (Å²) >= 11 is 5.91. The summed E-state index contributed by atoms with van der Waals surface area (Å²) in [7, 11) is 3.91. The van der Waals surface area contributed by atoms with Crippen molar-refractivity contribution in [3.63, 3.8) is 0 Å². The predicted octanol–water partition coefficient (Wildman–Crippen LogP) is 2.77. The normalized spacial score (nSPS) is 10.8. The molecule has 2 rings (SSSR count). The molecule has 0 amide bonds. The minimum Gasteiger partial charge on any atom is -0.314 e. The number of aromatic nitrogens is 2. The van der Waals surface area contributed by atoms with Crippen molar-refractivity contribution < 1.29 is 0 Å². The van der Waals surface area contributed by atoms with E-state index in [-0.39, 0.29) is 0 Å². The van der Waals surface area contributed by atoms with Crippen molar-refractivity contribution >= 4 is 11.6 Å². The maximum atomic E-state index is 5.91. The second kappa shape index (κ2) is 4.90. The summed E-state index contributed by atoms with van der Waals surface area (Å²) in [5, 5.41) is 8.40. The number of rotatable bonds is 3. The molecule has 0 aliphatic carbocycles. The van der Waals surface area contributed by atoms with Crippen LogP contribution in [0.25, 0.3) is 11.1 Å². The van der Waals surface area contributed by atoms with Crippen LogP contribution in [-0.2, 0) is 13.6 Å². The lowest BCUT2D eigenvalue weighted by Crippen LogP contribution is -2.10. The highest BCUT2D eigenvalue weighted by Crippen LogP contribution is 2.28. The first-order valence-corrected chi connectivity index (χ1v) is 5.94. The topological polar surface area (TPSA) is 29.9 Å². The summed E-state index contributed by atoms with van der Waals surface area (Å²) < 4.78 is 1.93. The van der Waals surface area contributed by atoms with Crippen molar-refractivity contribution in [3.05, 3.63) is 40.7 Å². The maximum Gasteiger partial charge on any atom is 0.0675 e. The molecule has 17 heavy (non-hydrogen) atoms. The van der Waals surface area contributed by atoms with Crippen LogP contribution in [0, 0.1) is 6.92 Å². The van der Waals surface area contributed by atoms with Crippen LogP contribution < -0.4 is 5.32 Å². The molecule has 0 atom stereocenters. The van der Waals surface area contributed by atoms with E-state index in [1.165, 1.54) is 11.3 Å². The van der Waals surface area contributed by atoms with Crippen molar-refractivity contribution in [3.8, 4) is 11.1 Å². The van der Waals surface area contributed by atoms with Gasteiger partial charge in [0, 0.05) is 24.2 Å². The van der Waals surface area contributed by atoms with Gasteiger partial charge in [0.1, 0.15) is 0 Å². The van der Waals surface area contributed by atoms with E-state index in [0.29, 0.717) is 0 Å². The summed E-state index contributed by atoms with van der Waals surface area (Å²) in [5.41, 5.74) is 4.58. The van der Waals surface area contributed by atoms with Gasteiger partial charge in [0.15, 0.2) is 0 Å². The van der Waals surface area contributed by atoms with Crippen LogP contribution in [-0.4, -0.2) is 16.8 Å². The Morgan fingerprint density at radius 3 is 2.53 bits per heavy atom. The third-order valence-corrected chi connectivity index (χ3v) is 3.07. The Bertz CT molecular complexity index is 514. The average molecular weight is 250 g/mol. The average Bonchev–Trinajstić information content (AvgIpc) is 2.56. The zero-order chi connectivity index (χ0) is 12.4. The molecule has 1 heterocycles. The smallest absolute Gasteiger partial charge is 0.0675 e. The van der Waals surface area contributed by atoms with E-state index >= 15 is 0 Å². The van der Waals surface area contributed by atoms with Gasteiger partial charge in [0.25, 0.3) is 0 Å². The molecule has 0 aliphatic rings. The number of hydrogen-bond acceptors (Lipinski definition) is 2. The molecule has 0 radical (unpaired) electrons. The van der Waals surface area contributed by atoms with Gasteiger partial charge in [-0.05, 0) is 31.7 Å². The fraction of sp³-hybridized carbons (Fsp3) is 0.308. The maximum absolute atomic E-state index is 5.91. The van der Waals surface area contributed by atoms with Crippen LogP contribution in [0.15, 0.2) is 24.3 Å². The lowest BCUT2D eigenvalue weighted by Gasteiger charge is -2.06. The highest BCUT2D eigenvalue weighted by molar-refractivity contribution is 6.30. The third-order valence-electron chi connectivity index (χ3n) is 2.82. The molecule has 0 spiro atoms. The molecule has 0 aliphatic heterocycles. The number of hydrogen-bond donors (Lipinski definition) is 1. The Balaban J connectivity index is 2.53. The van der Waals surface area contributed by atoms with Crippen LogP contribution in [0.4, 0.5) is 0 Å². The molecular weight excluding hydrogens is 234 g/mol. The van der Waals surface area contributed by atoms with Crippen molar-refractivity contribution in [2.75, 3.05) is 7.05 Å². The number of nitrogens with zero attached hydrogens (tertiary/aromatic N) is 2. The van der Waals surface area contributed by atoms with Gasteiger partial charge in [-0.15, -0.1) is 0 Å². The van der Waals surface area contributed by atoms with Crippen molar-refractivity contribution in [2.24, 2.45) is 7.05 Å². The SMILES string of the molecule is CNCc1c(-c2ccc(Cl)cc2)c(C)nn1C. The molecule has 2 aromatic rings. The molecule has 3 nitrogen and oxygen atoms in total. The van der Waals surface area contributed by atoms with Crippen LogP contribution in [0.1, 0.15) is 11.4 Å². The summed E-state index contributed by atoms with van der Waals surface area (Å²) in [6, 6.07) is 7.88. The van der Waals surface area contributed by atoms with Gasteiger partial charge in [-0.1, -0.05) is 23.7 Å². The number of halogens is 1. The van der Waals surface area contributed by atoms with Gasteiger partial charge in [0.05, 0.1) is 11.4 Å². The fourth-order valence-electron chi connectivity index (χ4n) is 2.07. The molecule has 1 aromatic carbocycles. The second-order valence-electron chi connectivity index (χ2n) is 4.07. The van der Waals surface area contributed by atoms with E-state index in [0.717, 1.165) is 22.8 Å². The monoisotopic (exact) mass is 249 g/mol. The van der Waals surface area contributed by atoms with Crippen LogP contribution >= 0.6 is 11.6 Å². The largest absolute Gasteiger partial charge is 0.314 e. The Kier molecular flexibility index (Phi) is 3.50. The first-order valence-electron chi connectivity index (χ1n) is 5.56. The van der Waals surface area contributed by atoms with Crippen molar-refractivity contribution in [1.82, 2.24) is 15.1 Å². The van der Waals surface area contributed by atoms with Gasteiger partial charge >= 0.3 is 0 Å². The predicted molar refractivity (Wildman–Crippen MR) is 71.2 cm³/mol. The highest BCUT2D eigenvalue weighted by atomic mass is 35.5. The number of benzene rings is 1. The van der Waals surface area contributed by atoms with E-state index in [2.05, 4.69) is 10.4 Å². The molecule has 0 bridgehead atoms. The van der Waals surface area contributed by atoms with Crippen molar-refractivity contribution in [1.29, 1.82) is 0 Å². The van der Waals surface area contributed by atoms with Gasteiger partial charge in [-0.3, -0.25) is 4.68 Å². The lowest BCUT2D eigenvalue weighted by atomic mass is 10.0. The van der Waals surface area contributed by atoms with Gasteiger partial charge in [0.2, 0.25) is 0 Å². The molecule has 1 aromatic heterocycles. The van der Waals surface area contributed by atoms with Crippen LogP contribution in [0.5, 0.6) is 0 Å². The van der Waals surface area contributed by atoms with Crippen LogP contribution in [0.3, 0.4) is 0 Å². The highest BCUT2D eigenvalue weighted by Gasteiger charge is 2.13. The van der Waals surface area contributed by atoms with E-state index in [1.54, 1.807) is 0 Å². The first kappa shape index (κ1) is 12.1. The Hall–Kier alpha value is -1.32. The zero-order valence-electron chi connectivity index (χ0n) is 10.3. The molecule has 0 saturated carbocycles. The molecule has 4 heteroatoms.